The van der Waals surface area contributed by atoms with E-state index in [1.54, 1.807) is 42.5 Å². The molecular weight excluding hydrogens is 501 g/mol. The van der Waals surface area contributed by atoms with E-state index in [9.17, 15) is 13.2 Å². The number of allylic oxidation sites excluding steroid dienone is 1. The summed E-state index contributed by atoms with van der Waals surface area (Å²) >= 11 is 14.0. The third kappa shape index (κ3) is 4.81. The van der Waals surface area contributed by atoms with Gasteiger partial charge in [0.15, 0.2) is 4.80 Å². The number of rotatable bonds is 5. The smallest absolute Gasteiger partial charge is 0.251 e. The lowest BCUT2D eigenvalue weighted by molar-refractivity contribution is -0.122. The second-order valence-electron chi connectivity index (χ2n) is 7.93. The number of carbonyl (C=O) groups excluding carboxylic acids is 1. The Balaban J connectivity index is 1.56. The molecule has 1 fully saturated rings. The van der Waals surface area contributed by atoms with Crippen LogP contribution in [0.25, 0.3) is 10.2 Å². The van der Waals surface area contributed by atoms with Crippen LogP contribution in [0, 0.1) is 12.8 Å². The number of amides is 1. The lowest BCUT2D eigenvalue weighted by Crippen LogP contribution is -2.40. The second-order valence-corrected chi connectivity index (χ2v) is 11.7. The Morgan fingerprint density at radius 3 is 2.42 bits per heavy atom. The Morgan fingerprint density at radius 1 is 1.15 bits per heavy atom. The van der Waals surface area contributed by atoms with E-state index in [2.05, 4.69) is 11.6 Å². The van der Waals surface area contributed by atoms with E-state index in [1.807, 2.05) is 11.5 Å². The maximum Gasteiger partial charge on any atom is 0.251 e. The number of aromatic nitrogens is 1. The summed E-state index contributed by atoms with van der Waals surface area (Å²) in [5.74, 6) is -0.609. The summed E-state index contributed by atoms with van der Waals surface area (Å²) < 4.78 is 29.9. The minimum atomic E-state index is -3.58. The summed E-state index contributed by atoms with van der Waals surface area (Å²) in [6.07, 6.45) is 2.55. The fourth-order valence-electron chi connectivity index (χ4n) is 3.88. The van der Waals surface area contributed by atoms with Crippen molar-refractivity contribution in [2.24, 2.45) is 10.9 Å². The first-order valence-electron chi connectivity index (χ1n) is 10.5. The molecule has 2 heterocycles. The van der Waals surface area contributed by atoms with E-state index < -0.39 is 10.0 Å². The minimum absolute atomic E-state index is 0.265. The van der Waals surface area contributed by atoms with Crippen LogP contribution < -0.4 is 4.80 Å². The topological polar surface area (TPSA) is 71.7 Å². The molecule has 1 aliphatic rings. The molecule has 3 aromatic rings. The van der Waals surface area contributed by atoms with Crippen LogP contribution in [0.4, 0.5) is 0 Å². The lowest BCUT2D eigenvalue weighted by atomic mass is 9.98. The number of halogens is 2. The number of carbonyl (C=O) groups is 1. The fraction of sp³-hybridized carbons (Fsp3) is 0.304. The van der Waals surface area contributed by atoms with Gasteiger partial charge in [0.2, 0.25) is 10.0 Å². The predicted molar refractivity (Wildman–Crippen MR) is 133 cm³/mol. The molecule has 2 aromatic carbocycles. The average molecular weight is 524 g/mol. The predicted octanol–water partition coefficient (Wildman–Crippen LogP) is 5.03. The van der Waals surface area contributed by atoms with Gasteiger partial charge in [0.05, 0.1) is 25.2 Å². The number of aryl methyl sites for hydroxylation is 1. The fourth-order valence-corrected chi connectivity index (χ4v) is 7.01. The molecule has 0 saturated carbocycles. The van der Waals surface area contributed by atoms with Crippen molar-refractivity contribution >= 4 is 60.7 Å². The molecular formula is C23H23Cl2N3O3S2. The summed E-state index contributed by atoms with van der Waals surface area (Å²) in [4.78, 5) is 18.2. The van der Waals surface area contributed by atoms with Crippen molar-refractivity contribution in [3.05, 3.63) is 69.5 Å². The van der Waals surface area contributed by atoms with E-state index in [0.29, 0.717) is 34.2 Å². The molecule has 0 aliphatic carbocycles. The maximum absolute atomic E-state index is 13.0. The van der Waals surface area contributed by atoms with Gasteiger partial charge >= 0.3 is 0 Å². The summed E-state index contributed by atoms with van der Waals surface area (Å²) in [6.45, 7) is 6.68. The van der Waals surface area contributed by atoms with Gasteiger partial charge in [0.1, 0.15) is 0 Å². The van der Waals surface area contributed by atoms with Crippen molar-refractivity contribution in [3.63, 3.8) is 0 Å². The molecule has 6 nitrogen and oxygen atoms in total. The lowest BCUT2D eigenvalue weighted by Gasteiger charge is -2.29. The van der Waals surface area contributed by atoms with Crippen molar-refractivity contribution in [2.45, 2.75) is 31.2 Å². The Kier molecular flexibility index (Phi) is 7.12. The van der Waals surface area contributed by atoms with Gasteiger partial charge < -0.3 is 4.57 Å². The molecule has 0 bridgehead atoms. The molecule has 1 saturated heterocycles. The van der Waals surface area contributed by atoms with Gasteiger partial charge in [0, 0.05) is 25.6 Å². The zero-order chi connectivity index (χ0) is 23.8. The van der Waals surface area contributed by atoms with E-state index >= 15 is 0 Å². The first-order valence-corrected chi connectivity index (χ1v) is 13.5. The zero-order valence-electron chi connectivity index (χ0n) is 18.0. The Hall–Kier alpha value is -1.97. The molecule has 1 amide bonds. The highest BCUT2D eigenvalue weighted by Crippen LogP contribution is 2.32. The maximum atomic E-state index is 13.0. The minimum Gasteiger partial charge on any atom is -0.311 e. The van der Waals surface area contributed by atoms with Gasteiger partial charge in [-0.25, -0.2) is 8.42 Å². The highest BCUT2D eigenvalue weighted by Gasteiger charge is 2.32. The van der Waals surface area contributed by atoms with Crippen molar-refractivity contribution in [1.82, 2.24) is 8.87 Å². The summed E-state index contributed by atoms with van der Waals surface area (Å²) in [5, 5.41) is 1.07. The Bertz CT molecular complexity index is 1380. The number of benzene rings is 2. The molecule has 0 N–H and O–H groups in total. The number of hydrogen-bond acceptors (Lipinski definition) is 4. The first-order chi connectivity index (χ1) is 15.7. The Labute approximate surface area is 206 Å². The van der Waals surface area contributed by atoms with Gasteiger partial charge in [-0.05, 0) is 44.0 Å². The van der Waals surface area contributed by atoms with Gasteiger partial charge in [-0.2, -0.15) is 9.30 Å². The number of nitrogens with zero attached hydrogens (tertiary/aromatic N) is 3. The summed E-state index contributed by atoms with van der Waals surface area (Å²) in [7, 11) is -3.58. The van der Waals surface area contributed by atoms with Crippen molar-refractivity contribution in [1.29, 1.82) is 0 Å². The standard InChI is InChI=1S/C23H23Cl2N3O3S2/c1-3-12-28-20-18(24)8-9-19(25)21(20)32-23(28)26-22(29)16-10-13-27(14-11-16)33(30,31)17-6-4-15(2)5-7-17/h3-9,16H,1,10-14H2,2H3. The van der Waals surface area contributed by atoms with Crippen LogP contribution in [0.5, 0.6) is 0 Å². The molecule has 33 heavy (non-hydrogen) atoms. The second kappa shape index (κ2) is 9.72. The highest BCUT2D eigenvalue weighted by molar-refractivity contribution is 7.89. The molecule has 0 unspecified atom stereocenters. The summed E-state index contributed by atoms with van der Waals surface area (Å²) in [5.41, 5.74) is 1.72. The van der Waals surface area contributed by atoms with Crippen LogP contribution in [0.3, 0.4) is 0 Å². The van der Waals surface area contributed by atoms with Crippen LogP contribution in [0.2, 0.25) is 10.0 Å². The normalized spacial score (nSPS) is 16.4. The molecule has 1 aliphatic heterocycles. The quantitative estimate of drug-likeness (QED) is 0.440. The van der Waals surface area contributed by atoms with Crippen molar-refractivity contribution in [2.75, 3.05) is 13.1 Å². The third-order valence-electron chi connectivity index (χ3n) is 5.71. The SMILES string of the molecule is C=CCn1c(=NC(=O)C2CCN(S(=O)(=O)c3ccc(C)cc3)CC2)sc2c(Cl)ccc(Cl)c21. The van der Waals surface area contributed by atoms with Crippen molar-refractivity contribution < 1.29 is 13.2 Å². The third-order valence-corrected chi connectivity index (χ3v) is 9.46. The largest absolute Gasteiger partial charge is 0.311 e. The monoisotopic (exact) mass is 523 g/mol. The summed E-state index contributed by atoms with van der Waals surface area (Å²) in [6, 6.07) is 10.2. The molecule has 174 valence electrons. The Morgan fingerprint density at radius 2 is 1.79 bits per heavy atom. The van der Waals surface area contributed by atoms with E-state index in [1.165, 1.54) is 15.6 Å². The highest BCUT2D eigenvalue weighted by atomic mass is 35.5. The number of fused-ring (bicyclic) bond motifs is 1. The number of sulfonamides is 1. The van der Waals surface area contributed by atoms with Crippen LogP contribution in [0.1, 0.15) is 18.4 Å². The molecule has 4 rings (SSSR count). The van der Waals surface area contributed by atoms with Crippen LogP contribution in [-0.4, -0.2) is 36.3 Å². The van der Waals surface area contributed by atoms with E-state index in [-0.39, 0.29) is 29.8 Å². The van der Waals surface area contributed by atoms with Crippen LogP contribution in [0.15, 0.2) is 58.9 Å². The molecule has 10 heteroatoms. The van der Waals surface area contributed by atoms with Gasteiger partial charge in [-0.15, -0.1) is 6.58 Å². The average Bonchev–Trinajstić information content (AvgIpc) is 3.16. The van der Waals surface area contributed by atoms with E-state index in [4.69, 9.17) is 23.2 Å². The number of thiazole rings is 1. The first kappa shape index (κ1) is 24.2. The number of piperidine rings is 1. The van der Waals surface area contributed by atoms with Gasteiger partial charge in [0.25, 0.3) is 5.91 Å². The molecule has 1 aromatic heterocycles. The zero-order valence-corrected chi connectivity index (χ0v) is 21.1. The molecule has 0 radical (unpaired) electrons. The molecule has 0 atom stereocenters. The number of hydrogen-bond donors (Lipinski definition) is 0. The van der Waals surface area contributed by atoms with Crippen LogP contribution in [-0.2, 0) is 21.4 Å². The van der Waals surface area contributed by atoms with Gasteiger partial charge in [-0.1, -0.05) is 58.3 Å². The van der Waals surface area contributed by atoms with E-state index in [0.717, 1.165) is 15.8 Å². The van der Waals surface area contributed by atoms with Crippen molar-refractivity contribution in [3.8, 4) is 0 Å². The molecule has 0 spiro atoms. The van der Waals surface area contributed by atoms with Crippen LogP contribution >= 0.6 is 34.5 Å². The van der Waals surface area contributed by atoms with Gasteiger partial charge in [-0.3, -0.25) is 4.79 Å².